The van der Waals surface area contributed by atoms with Crippen LogP contribution < -0.4 is 10.6 Å². The Balaban J connectivity index is 0.000000187. The third kappa shape index (κ3) is 7.90. The van der Waals surface area contributed by atoms with Gasteiger partial charge in [0.15, 0.2) is 0 Å². The zero-order chi connectivity index (χ0) is 6.95. The Bertz CT molecular complexity index is 40.3. The lowest BCUT2D eigenvalue weighted by molar-refractivity contribution is 0.448. The van der Waals surface area contributed by atoms with Gasteiger partial charge in [-0.2, -0.15) is 0 Å². The van der Waals surface area contributed by atoms with Gasteiger partial charge in [0.05, 0.1) is 0 Å². The second-order valence-electron chi connectivity index (χ2n) is 1.64. The fourth-order valence-electron chi connectivity index (χ4n) is 0.604. The van der Waals surface area contributed by atoms with Crippen LogP contribution in [0.3, 0.4) is 0 Å². The summed E-state index contributed by atoms with van der Waals surface area (Å²) in [4.78, 5) is 0. The summed E-state index contributed by atoms with van der Waals surface area (Å²) in [5.41, 5.74) is 0. The van der Waals surface area contributed by atoms with Gasteiger partial charge in [0.2, 0.25) is 0 Å². The van der Waals surface area contributed by atoms with E-state index in [0.29, 0.717) is 0 Å². The van der Waals surface area contributed by atoms with Crippen LogP contribution in [0.15, 0.2) is 0 Å². The Hall–Kier alpha value is -0.0951. The van der Waals surface area contributed by atoms with Gasteiger partial charge in [-0.1, -0.05) is 0 Å². The first kappa shape index (κ1) is 8.90. The molecule has 54 valence electrons. The summed E-state index contributed by atoms with van der Waals surface area (Å²) >= 11 is 0. The van der Waals surface area contributed by atoms with Gasteiger partial charge in [0.25, 0.3) is 0 Å². The molecular formula is C4H13BN2O2. The van der Waals surface area contributed by atoms with E-state index in [1.54, 1.807) is 0 Å². The molecule has 0 amide bonds. The van der Waals surface area contributed by atoms with Crippen LogP contribution in [0.4, 0.5) is 0 Å². The summed E-state index contributed by atoms with van der Waals surface area (Å²) in [7, 11) is -0.750. The smallest absolute Gasteiger partial charge is 0.430 e. The van der Waals surface area contributed by atoms with E-state index in [9.17, 15) is 0 Å². The normalized spacial score (nSPS) is 17.6. The minimum atomic E-state index is -0.750. The third-order valence-corrected chi connectivity index (χ3v) is 0.957. The van der Waals surface area contributed by atoms with Crippen LogP contribution in [0.2, 0.25) is 0 Å². The summed E-state index contributed by atoms with van der Waals surface area (Å²) in [5.74, 6) is 0. The number of hydrogen-bond acceptors (Lipinski definition) is 4. The molecule has 0 radical (unpaired) electrons. The van der Waals surface area contributed by atoms with Gasteiger partial charge >= 0.3 is 7.69 Å². The zero-order valence-electron chi connectivity index (χ0n) is 5.43. The van der Waals surface area contributed by atoms with E-state index in [2.05, 4.69) is 10.6 Å². The molecule has 0 aliphatic carbocycles. The molecule has 0 aromatic heterocycles. The van der Waals surface area contributed by atoms with Gasteiger partial charge in [-0.15, -0.1) is 0 Å². The maximum absolute atomic E-state index is 7.12. The van der Waals surface area contributed by atoms with Crippen molar-refractivity contribution in [3.05, 3.63) is 0 Å². The SMILES string of the molecule is C1CNCCN1.OBO. The predicted molar refractivity (Wildman–Crippen MR) is 37.3 cm³/mol. The summed E-state index contributed by atoms with van der Waals surface area (Å²) in [5, 5.41) is 20.7. The van der Waals surface area contributed by atoms with Gasteiger partial charge in [0, 0.05) is 26.2 Å². The molecular weight excluding hydrogens is 119 g/mol. The highest BCUT2D eigenvalue weighted by Crippen LogP contribution is 1.65. The molecule has 4 nitrogen and oxygen atoms in total. The predicted octanol–water partition coefficient (Wildman–Crippen LogP) is -2.58. The van der Waals surface area contributed by atoms with Crippen LogP contribution in [-0.2, 0) is 0 Å². The maximum atomic E-state index is 7.12. The van der Waals surface area contributed by atoms with E-state index >= 15 is 0 Å². The zero-order valence-corrected chi connectivity index (χ0v) is 5.43. The molecule has 1 aliphatic heterocycles. The lowest BCUT2D eigenvalue weighted by Gasteiger charge is -2.11. The Morgan fingerprint density at radius 3 is 1.22 bits per heavy atom. The molecule has 5 heteroatoms. The van der Waals surface area contributed by atoms with Crippen LogP contribution in [-0.4, -0.2) is 43.9 Å². The molecule has 9 heavy (non-hydrogen) atoms. The molecule has 0 atom stereocenters. The molecule has 1 fully saturated rings. The van der Waals surface area contributed by atoms with E-state index < -0.39 is 7.69 Å². The second-order valence-corrected chi connectivity index (χ2v) is 1.64. The van der Waals surface area contributed by atoms with Crippen LogP contribution in [0.5, 0.6) is 0 Å². The van der Waals surface area contributed by atoms with Gasteiger partial charge in [0.1, 0.15) is 0 Å². The Morgan fingerprint density at radius 2 is 1.11 bits per heavy atom. The van der Waals surface area contributed by atoms with Gasteiger partial charge in [-0.05, 0) is 0 Å². The monoisotopic (exact) mass is 132 g/mol. The summed E-state index contributed by atoms with van der Waals surface area (Å²) < 4.78 is 0. The fraction of sp³-hybridized carbons (Fsp3) is 1.00. The minimum absolute atomic E-state index is 0.750. The van der Waals surface area contributed by atoms with Crippen molar-refractivity contribution in [2.45, 2.75) is 0 Å². The van der Waals surface area contributed by atoms with Crippen LogP contribution in [0.25, 0.3) is 0 Å². The molecule has 0 bridgehead atoms. The van der Waals surface area contributed by atoms with E-state index in [1.807, 2.05) is 0 Å². The molecule has 1 rings (SSSR count). The molecule has 0 aromatic rings. The van der Waals surface area contributed by atoms with Gasteiger partial charge < -0.3 is 20.7 Å². The van der Waals surface area contributed by atoms with E-state index in [1.165, 1.54) is 0 Å². The van der Waals surface area contributed by atoms with Crippen molar-refractivity contribution in [1.29, 1.82) is 0 Å². The maximum Gasteiger partial charge on any atom is 0.432 e. The van der Waals surface area contributed by atoms with Crippen LogP contribution in [0.1, 0.15) is 0 Å². The van der Waals surface area contributed by atoms with Gasteiger partial charge in [-0.3, -0.25) is 0 Å². The lowest BCUT2D eigenvalue weighted by Crippen LogP contribution is -2.39. The van der Waals surface area contributed by atoms with Crippen molar-refractivity contribution < 1.29 is 10.0 Å². The van der Waals surface area contributed by atoms with E-state index in [0.717, 1.165) is 26.2 Å². The van der Waals surface area contributed by atoms with Crippen molar-refractivity contribution in [3.63, 3.8) is 0 Å². The molecule has 1 heterocycles. The van der Waals surface area contributed by atoms with E-state index in [4.69, 9.17) is 10.0 Å². The Morgan fingerprint density at radius 1 is 0.889 bits per heavy atom. The van der Waals surface area contributed by atoms with Crippen molar-refractivity contribution >= 4 is 7.69 Å². The quantitative estimate of drug-likeness (QED) is 0.273. The average molecular weight is 132 g/mol. The van der Waals surface area contributed by atoms with Crippen molar-refractivity contribution in [1.82, 2.24) is 10.6 Å². The minimum Gasteiger partial charge on any atom is -0.430 e. The number of hydrogen-bond donors (Lipinski definition) is 4. The number of piperazine rings is 1. The first-order valence-corrected chi connectivity index (χ1v) is 3.05. The average Bonchev–Trinajstić information content (AvgIpc) is 1.93. The molecule has 0 aromatic carbocycles. The third-order valence-electron chi connectivity index (χ3n) is 0.957. The standard InChI is InChI=1S/C4H10N2.BH3O2/c1-2-6-4-3-5-1;2-1-3/h5-6H,1-4H2;1-3H. The molecule has 1 aliphatic rings. The molecule has 1 saturated heterocycles. The van der Waals surface area contributed by atoms with Crippen molar-refractivity contribution in [3.8, 4) is 0 Å². The highest BCUT2D eigenvalue weighted by Gasteiger charge is 1.91. The fourth-order valence-corrected chi connectivity index (χ4v) is 0.604. The first-order valence-electron chi connectivity index (χ1n) is 3.05. The topological polar surface area (TPSA) is 64.5 Å². The molecule has 0 saturated carbocycles. The Labute approximate surface area is 55.6 Å². The van der Waals surface area contributed by atoms with Crippen LogP contribution >= 0.6 is 0 Å². The number of nitrogens with one attached hydrogen (secondary N) is 2. The highest BCUT2D eigenvalue weighted by atomic mass is 16.4. The van der Waals surface area contributed by atoms with E-state index in [-0.39, 0.29) is 0 Å². The van der Waals surface area contributed by atoms with Crippen molar-refractivity contribution in [2.24, 2.45) is 0 Å². The largest absolute Gasteiger partial charge is 0.432 e. The van der Waals surface area contributed by atoms with Gasteiger partial charge in [-0.25, -0.2) is 0 Å². The first-order chi connectivity index (χ1) is 4.41. The van der Waals surface area contributed by atoms with Crippen LogP contribution in [0, 0.1) is 0 Å². The molecule has 0 spiro atoms. The van der Waals surface area contributed by atoms with Crippen molar-refractivity contribution in [2.75, 3.05) is 26.2 Å². The molecule has 0 unspecified atom stereocenters. The summed E-state index contributed by atoms with van der Waals surface area (Å²) in [6.07, 6.45) is 0. The molecule has 4 N–H and O–H groups in total. The second kappa shape index (κ2) is 7.90. The lowest BCUT2D eigenvalue weighted by atomic mass is 10.4. The number of rotatable bonds is 0. The summed E-state index contributed by atoms with van der Waals surface area (Å²) in [6, 6.07) is 0. The Kier molecular flexibility index (Phi) is 7.82. The highest BCUT2D eigenvalue weighted by molar-refractivity contribution is 6.13. The summed E-state index contributed by atoms with van der Waals surface area (Å²) in [6.45, 7) is 4.56.